The van der Waals surface area contributed by atoms with Crippen LogP contribution in [-0.2, 0) is 6.54 Å². The molecule has 1 aromatic heterocycles. The Bertz CT molecular complexity index is 434. The van der Waals surface area contributed by atoms with E-state index >= 15 is 0 Å². The van der Waals surface area contributed by atoms with Crippen LogP contribution in [0.3, 0.4) is 0 Å². The standard InChI is InChI=1S/C14H25N5/c1-9-5-10(2)12(4)19(7-9)8-14-16-11(3)6-13(17-14)18-15/h6,9-10,12H,5,7-8,15H2,1-4H3,(H,16,17,18). The van der Waals surface area contributed by atoms with Crippen LogP contribution < -0.4 is 11.3 Å². The van der Waals surface area contributed by atoms with Gasteiger partial charge in [-0.2, -0.15) is 0 Å². The molecule has 0 bridgehead atoms. The predicted octanol–water partition coefficient (Wildman–Crippen LogP) is 1.94. The van der Waals surface area contributed by atoms with Crippen molar-refractivity contribution in [3.05, 3.63) is 17.6 Å². The third-order valence-electron chi connectivity index (χ3n) is 4.11. The number of rotatable bonds is 3. The van der Waals surface area contributed by atoms with Crippen molar-refractivity contribution in [2.24, 2.45) is 17.7 Å². The first kappa shape index (κ1) is 14.2. The molecule has 106 valence electrons. The minimum atomic E-state index is 0.578. The maximum Gasteiger partial charge on any atom is 0.145 e. The van der Waals surface area contributed by atoms with Gasteiger partial charge in [-0.3, -0.25) is 4.90 Å². The lowest BCUT2D eigenvalue weighted by Crippen LogP contribution is -2.45. The lowest BCUT2D eigenvalue weighted by Gasteiger charge is -2.40. The van der Waals surface area contributed by atoms with E-state index in [1.807, 2.05) is 13.0 Å². The van der Waals surface area contributed by atoms with Crippen LogP contribution in [0, 0.1) is 18.8 Å². The maximum atomic E-state index is 5.44. The number of hydrogen-bond acceptors (Lipinski definition) is 5. The molecule has 1 saturated heterocycles. The maximum absolute atomic E-state index is 5.44. The number of nitrogen functional groups attached to an aromatic ring is 1. The van der Waals surface area contributed by atoms with Gasteiger partial charge in [0.15, 0.2) is 0 Å². The first-order valence-electron chi connectivity index (χ1n) is 7.04. The smallest absolute Gasteiger partial charge is 0.145 e. The zero-order valence-electron chi connectivity index (χ0n) is 12.3. The highest BCUT2D eigenvalue weighted by molar-refractivity contribution is 5.33. The van der Waals surface area contributed by atoms with Crippen molar-refractivity contribution < 1.29 is 0 Å². The summed E-state index contributed by atoms with van der Waals surface area (Å²) in [5, 5.41) is 0. The molecular formula is C14H25N5. The van der Waals surface area contributed by atoms with Gasteiger partial charge >= 0.3 is 0 Å². The molecule has 5 nitrogen and oxygen atoms in total. The van der Waals surface area contributed by atoms with Crippen LogP contribution in [0.5, 0.6) is 0 Å². The summed E-state index contributed by atoms with van der Waals surface area (Å²) in [6.45, 7) is 10.8. The fourth-order valence-corrected chi connectivity index (χ4v) is 3.00. The highest BCUT2D eigenvalue weighted by Gasteiger charge is 2.29. The lowest BCUT2D eigenvalue weighted by atomic mass is 9.86. The van der Waals surface area contributed by atoms with Crippen LogP contribution in [-0.4, -0.2) is 27.5 Å². The van der Waals surface area contributed by atoms with Gasteiger partial charge in [0.2, 0.25) is 0 Å². The van der Waals surface area contributed by atoms with E-state index < -0.39 is 0 Å². The number of hydrazine groups is 1. The van der Waals surface area contributed by atoms with E-state index in [1.165, 1.54) is 6.42 Å². The number of nitrogens with one attached hydrogen (secondary N) is 1. The number of nitrogens with two attached hydrogens (primary N) is 1. The SMILES string of the molecule is Cc1cc(NN)nc(CN2CC(C)CC(C)C2C)n1. The minimum Gasteiger partial charge on any atom is -0.308 e. The summed E-state index contributed by atoms with van der Waals surface area (Å²) in [7, 11) is 0. The molecule has 5 heteroatoms. The van der Waals surface area contributed by atoms with Crippen LogP contribution in [0.15, 0.2) is 6.07 Å². The molecule has 0 amide bonds. The molecule has 3 unspecified atom stereocenters. The summed E-state index contributed by atoms with van der Waals surface area (Å²) >= 11 is 0. The fraction of sp³-hybridized carbons (Fsp3) is 0.714. The average molecular weight is 263 g/mol. The molecule has 0 radical (unpaired) electrons. The van der Waals surface area contributed by atoms with Crippen LogP contribution >= 0.6 is 0 Å². The monoisotopic (exact) mass is 263 g/mol. The third kappa shape index (κ3) is 3.42. The normalized spacial score (nSPS) is 28.4. The Hall–Kier alpha value is -1.20. The van der Waals surface area contributed by atoms with Crippen LogP contribution in [0.4, 0.5) is 5.82 Å². The van der Waals surface area contributed by atoms with Crippen molar-refractivity contribution in [3.63, 3.8) is 0 Å². The van der Waals surface area contributed by atoms with E-state index in [4.69, 9.17) is 5.84 Å². The van der Waals surface area contributed by atoms with Crippen LogP contribution in [0.2, 0.25) is 0 Å². The molecule has 1 aliphatic rings. The summed E-state index contributed by atoms with van der Waals surface area (Å²) in [5.41, 5.74) is 3.55. The third-order valence-corrected chi connectivity index (χ3v) is 4.11. The lowest BCUT2D eigenvalue weighted by molar-refractivity contribution is 0.0706. The summed E-state index contributed by atoms with van der Waals surface area (Å²) in [6.07, 6.45) is 1.31. The second kappa shape index (κ2) is 5.84. The van der Waals surface area contributed by atoms with Gasteiger partial charge in [-0.05, 0) is 32.1 Å². The predicted molar refractivity (Wildman–Crippen MR) is 77.4 cm³/mol. The molecule has 1 aliphatic heterocycles. The van der Waals surface area contributed by atoms with E-state index in [2.05, 4.69) is 41.1 Å². The Kier molecular flexibility index (Phi) is 4.37. The number of anilines is 1. The summed E-state index contributed by atoms with van der Waals surface area (Å²) in [5.74, 6) is 8.44. The molecule has 0 saturated carbocycles. The molecule has 3 atom stereocenters. The Labute approximate surface area is 115 Å². The zero-order valence-corrected chi connectivity index (χ0v) is 12.3. The highest BCUT2D eigenvalue weighted by Crippen LogP contribution is 2.27. The van der Waals surface area contributed by atoms with E-state index in [0.29, 0.717) is 11.9 Å². The first-order chi connectivity index (χ1) is 8.99. The molecule has 0 aliphatic carbocycles. The molecule has 0 aromatic carbocycles. The van der Waals surface area contributed by atoms with Gasteiger partial charge in [-0.25, -0.2) is 15.8 Å². The Balaban J connectivity index is 2.13. The van der Waals surface area contributed by atoms with Crippen molar-refractivity contribution in [1.29, 1.82) is 0 Å². The van der Waals surface area contributed by atoms with E-state index in [9.17, 15) is 0 Å². The van der Waals surface area contributed by atoms with Crippen molar-refractivity contribution in [2.45, 2.75) is 46.7 Å². The molecule has 19 heavy (non-hydrogen) atoms. The second-order valence-electron chi connectivity index (χ2n) is 5.94. The number of likely N-dealkylation sites (tertiary alicyclic amines) is 1. The van der Waals surface area contributed by atoms with Gasteiger partial charge in [-0.1, -0.05) is 13.8 Å². The Morgan fingerprint density at radius 1 is 1.37 bits per heavy atom. The van der Waals surface area contributed by atoms with Crippen LogP contribution in [0.1, 0.15) is 38.7 Å². The quantitative estimate of drug-likeness (QED) is 0.644. The van der Waals surface area contributed by atoms with Crippen molar-refractivity contribution in [3.8, 4) is 0 Å². The zero-order chi connectivity index (χ0) is 14.0. The molecule has 1 aromatic rings. The number of aromatic nitrogens is 2. The Morgan fingerprint density at radius 2 is 2.11 bits per heavy atom. The van der Waals surface area contributed by atoms with E-state index in [-0.39, 0.29) is 0 Å². The van der Waals surface area contributed by atoms with Crippen LogP contribution in [0.25, 0.3) is 0 Å². The number of piperidine rings is 1. The summed E-state index contributed by atoms with van der Waals surface area (Å²) < 4.78 is 0. The number of nitrogens with zero attached hydrogens (tertiary/aromatic N) is 3. The molecular weight excluding hydrogens is 238 g/mol. The van der Waals surface area contributed by atoms with Gasteiger partial charge < -0.3 is 5.43 Å². The first-order valence-corrected chi connectivity index (χ1v) is 7.04. The van der Waals surface area contributed by atoms with Gasteiger partial charge in [-0.15, -0.1) is 0 Å². The fourth-order valence-electron chi connectivity index (χ4n) is 3.00. The molecule has 2 heterocycles. The van der Waals surface area contributed by atoms with Gasteiger partial charge in [0.05, 0.1) is 6.54 Å². The van der Waals surface area contributed by atoms with Crippen molar-refractivity contribution >= 4 is 5.82 Å². The van der Waals surface area contributed by atoms with Crippen molar-refractivity contribution in [1.82, 2.24) is 14.9 Å². The average Bonchev–Trinajstić information content (AvgIpc) is 2.34. The van der Waals surface area contributed by atoms with Gasteiger partial charge in [0.25, 0.3) is 0 Å². The van der Waals surface area contributed by atoms with Gasteiger partial charge in [0, 0.05) is 24.3 Å². The summed E-state index contributed by atoms with van der Waals surface area (Å²) in [4.78, 5) is 11.4. The number of hydrogen-bond donors (Lipinski definition) is 2. The number of aryl methyl sites for hydroxylation is 1. The molecule has 2 rings (SSSR count). The molecule has 3 N–H and O–H groups in total. The minimum absolute atomic E-state index is 0.578. The van der Waals surface area contributed by atoms with E-state index in [0.717, 1.165) is 36.4 Å². The highest BCUT2D eigenvalue weighted by atomic mass is 15.3. The Morgan fingerprint density at radius 3 is 2.79 bits per heavy atom. The second-order valence-corrected chi connectivity index (χ2v) is 5.94. The molecule has 0 spiro atoms. The van der Waals surface area contributed by atoms with Gasteiger partial charge in [0.1, 0.15) is 11.6 Å². The topological polar surface area (TPSA) is 67.1 Å². The largest absolute Gasteiger partial charge is 0.308 e. The summed E-state index contributed by atoms with van der Waals surface area (Å²) in [6, 6.07) is 2.43. The van der Waals surface area contributed by atoms with Crippen molar-refractivity contribution in [2.75, 3.05) is 12.0 Å². The van der Waals surface area contributed by atoms with E-state index in [1.54, 1.807) is 0 Å². The molecule has 1 fully saturated rings.